The second kappa shape index (κ2) is 7.28. The number of nitrogens with one attached hydrogen (secondary N) is 1. The molecule has 2 heterocycles. The van der Waals surface area contributed by atoms with Gasteiger partial charge in [0.05, 0.1) is 18.4 Å². The summed E-state index contributed by atoms with van der Waals surface area (Å²) < 4.78 is 48.3. The van der Waals surface area contributed by atoms with Gasteiger partial charge in [0, 0.05) is 12.3 Å². The summed E-state index contributed by atoms with van der Waals surface area (Å²) in [5.41, 5.74) is 0.576. The first-order valence-corrected chi connectivity index (χ1v) is 7.17. The second-order valence-electron chi connectivity index (χ2n) is 4.49. The Morgan fingerprint density at radius 3 is 2.56 bits per heavy atom. The molecule has 0 bridgehead atoms. The summed E-state index contributed by atoms with van der Waals surface area (Å²) in [5, 5.41) is 3.80. The van der Waals surface area contributed by atoms with Crippen LogP contribution in [-0.4, -0.2) is 28.8 Å². The largest absolute Gasteiger partial charge is 0.465 e. The van der Waals surface area contributed by atoms with Crippen molar-refractivity contribution < 1.29 is 27.1 Å². The molecule has 2 rings (SSSR count). The van der Waals surface area contributed by atoms with Gasteiger partial charge < -0.3 is 9.15 Å². The summed E-state index contributed by atoms with van der Waals surface area (Å²) in [6.45, 7) is 1.51. The quantitative estimate of drug-likeness (QED) is 0.476. The van der Waals surface area contributed by atoms with Crippen LogP contribution in [0.4, 0.5) is 19.1 Å². The number of rotatable bonds is 4. The Balaban J connectivity index is 2.33. The van der Waals surface area contributed by atoms with Gasteiger partial charge in [-0.3, -0.25) is 0 Å². The second-order valence-corrected chi connectivity index (χ2v) is 5.21. The van der Waals surface area contributed by atoms with Gasteiger partial charge >= 0.3 is 12.1 Å². The Morgan fingerprint density at radius 1 is 1.36 bits per heavy atom. The number of halogens is 5. The van der Waals surface area contributed by atoms with E-state index in [0.717, 1.165) is 7.11 Å². The van der Waals surface area contributed by atoms with Gasteiger partial charge in [-0.05, 0) is 30.1 Å². The van der Waals surface area contributed by atoms with E-state index in [9.17, 15) is 18.0 Å². The first-order valence-electron chi connectivity index (χ1n) is 6.41. The number of alkyl halides is 3. The van der Waals surface area contributed by atoms with E-state index < -0.39 is 29.4 Å². The topological polar surface area (TPSA) is 89.6 Å². The maximum absolute atomic E-state index is 13.0. The van der Waals surface area contributed by atoms with Crippen LogP contribution in [0.15, 0.2) is 21.8 Å². The van der Waals surface area contributed by atoms with E-state index in [0.29, 0.717) is 11.8 Å². The highest BCUT2D eigenvalue weighted by Crippen LogP contribution is 2.31. The van der Waals surface area contributed by atoms with E-state index in [1.54, 1.807) is 0 Å². The fraction of sp³-hybridized carbons (Fsp3) is 0.231. The SMILES string of the molecule is COC(=O)c1cnc(N/N=C(\C)c2cc(Cl)oc2Cl)nc1C(F)(F)F. The molecule has 0 atom stereocenters. The highest BCUT2D eigenvalue weighted by Gasteiger charge is 2.38. The Kier molecular flexibility index (Phi) is 5.53. The van der Waals surface area contributed by atoms with Crippen LogP contribution in [-0.2, 0) is 10.9 Å². The van der Waals surface area contributed by atoms with Crippen molar-refractivity contribution >= 4 is 40.8 Å². The number of carbonyl (C=O) groups is 1. The first-order chi connectivity index (χ1) is 11.6. The number of hydrogen-bond acceptors (Lipinski definition) is 7. The molecule has 0 aliphatic rings. The van der Waals surface area contributed by atoms with E-state index in [1.807, 2.05) is 0 Å². The molecule has 0 spiro atoms. The zero-order valence-corrected chi connectivity index (χ0v) is 14.1. The lowest BCUT2D eigenvalue weighted by Gasteiger charge is -2.11. The van der Waals surface area contributed by atoms with Crippen molar-refractivity contribution in [2.24, 2.45) is 5.10 Å². The summed E-state index contributed by atoms with van der Waals surface area (Å²) in [6, 6.07) is 1.38. The summed E-state index contributed by atoms with van der Waals surface area (Å²) in [7, 11) is 0.947. The maximum Gasteiger partial charge on any atom is 0.434 e. The summed E-state index contributed by atoms with van der Waals surface area (Å²) >= 11 is 11.4. The van der Waals surface area contributed by atoms with Crippen LogP contribution < -0.4 is 5.43 Å². The van der Waals surface area contributed by atoms with E-state index in [-0.39, 0.29) is 16.2 Å². The van der Waals surface area contributed by atoms with Gasteiger partial charge in [-0.25, -0.2) is 20.2 Å². The number of nitrogens with zero attached hydrogens (tertiary/aromatic N) is 3. The van der Waals surface area contributed by atoms with Crippen molar-refractivity contribution in [3.63, 3.8) is 0 Å². The van der Waals surface area contributed by atoms with Gasteiger partial charge in [-0.1, -0.05) is 0 Å². The molecule has 12 heteroatoms. The van der Waals surface area contributed by atoms with Crippen molar-refractivity contribution in [1.29, 1.82) is 0 Å². The third-order valence-corrected chi connectivity index (χ3v) is 3.30. The van der Waals surface area contributed by atoms with Crippen LogP contribution in [0.25, 0.3) is 0 Å². The lowest BCUT2D eigenvalue weighted by Crippen LogP contribution is -2.18. The predicted octanol–water partition coefficient (Wildman–Crippen LogP) is 4.02. The number of hydrogen-bond donors (Lipinski definition) is 1. The Morgan fingerprint density at radius 2 is 2.04 bits per heavy atom. The fourth-order valence-corrected chi connectivity index (χ4v) is 2.19. The van der Waals surface area contributed by atoms with Crippen molar-refractivity contribution in [2.75, 3.05) is 12.5 Å². The van der Waals surface area contributed by atoms with Crippen molar-refractivity contribution in [3.8, 4) is 0 Å². The first kappa shape index (κ1) is 19.0. The number of carbonyl (C=O) groups excluding carboxylic acids is 1. The van der Waals surface area contributed by atoms with E-state index in [4.69, 9.17) is 27.6 Å². The van der Waals surface area contributed by atoms with Crippen LogP contribution in [0.1, 0.15) is 28.5 Å². The number of hydrazone groups is 1. The van der Waals surface area contributed by atoms with E-state index in [1.165, 1.54) is 13.0 Å². The molecule has 0 fully saturated rings. The van der Waals surface area contributed by atoms with Crippen molar-refractivity contribution in [1.82, 2.24) is 9.97 Å². The molecule has 0 saturated carbocycles. The standard InChI is InChI=1S/C13H9Cl2F3N4O3/c1-5(6-3-8(14)25-10(6)15)21-22-12-19-4-7(11(23)24-2)9(20-12)13(16,17)18/h3-4H,1-2H3,(H,19,20,22)/b21-5+. The molecule has 0 aliphatic heterocycles. The molecule has 7 nitrogen and oxygen atoms in total. The summed E-state index contributed by atoms with van der Waals surface area (Å²) in [6.07, 6.45) is -4.19. The highest BCUT2D eigenvalue weighted by molar-refractivity contribution is 6.35. The summed E-state index contributed by atoms with van der Waals surface area (Å²) in [5.74, 6) is -1.69. The van der Waals surface area contributed by atoms with Crippen LogP contribution in [0, 0.1) is 0 Å². The van der Waals surface area contributed by atoms with Crippen LogP contribution >= 0.6 is 23.2 Å². The lowest BCUT2D eigenvalue weighted by atomic mass is 10.2. The monoisotopic (exact) mass is 396 g/mol. The molecule has 0 unspecified atom stereocenters. The zero-order chi connectivity index (χ0) is 18.8. The maximum atomic E-state index is 13.0. The molecule has 1 N–H and O–H groups in total. The summed E-state index contributed by atoms with van der Waals surface area (Å²) in [4.78, 5) is 18.3. The molecule has 2 aromatic rings. The average molecular weight is 397 g/mol. The molecular weight excluding hydrogens is 388 g/mol. The molecular formula is C13H9Cl2F3N4O3. The van der Waals surface area contributed by atoms with Gasteiger partial charge in [-0.15, -0.1) is 0 Å². The predicted molar refractivity (Wildman–Crippen MR) is 82.9 cm³/mol. The minimum absolute atomic E-state index is 0.0209. The molecule has 2 aromatic heterocycles. The fourth-order valence-electron chi connectivity index (χ4n) is 1.69. The number of esters is 1. The van der Waals surface area contributed by atoms with Gasteiger partial charge in [0.2, 0.25) is 11.2 Å². The zero-order valence-electron chi connectivity index (χ0n) is 12.6. The Hall–Kier alpha value is -2.33. The molecule has 0 aromatic carbocycles. The van der Waals surface area contributed by atoms with Crippen LogP contribution in [0.5, 0.6) is 0 Å². The van der Waals surface area contributed by atoms with E-state index in [2.05, 4.69) is 25.2 Å². The molecule has 0 aliphatic carbocycles. The third-order valence-electron chi connectivity index (χ3n) is 2.83. The number of anilines is 1. The van der Waals surface area contributed by atoms with Gasteiger partial charge in [0.25, 0.3) is 0 Å². The molecule has 134 valence electrons. The average Bonchev–Trinajstić information content (AvgIpc) is 2.89. The smallest absolute Gasteiger partial charge is 0.434 e. The van der Waals surface area contributed by atoms with Gasteiger partial charge in [0.1, 0.15) is 5.56 Å². The third kappa shape index (κ3) is 4.40. The van der Waals surface area contributed by atoms with Gasteiger partial charge in [-0.2, -0.15) is 18.3 Å². The lowest BCUT2D eigenvalue weighted by molar-refractivity contribution is -0.141. The number of ether oxygens (including phenoxy) is 1. The normalized spacial score (nSPS) is 12.2. The Labute approximate surface area is 148 Å². The van der Waals surface area contributed by atoms with E-state index >= 15 is 0 Å². The molecule has 0 saturated heterocycles. The molecule has 0 radical (unpaired) electrons. The molecule has 25 heavy (non-hydrogen) atoms. The van der Waals surface area contributed by atoms with Crippen molar-refractivity contribution in [2.45, 2.75) is 13.1 Å². The Bertz CT molecular complexity index is 836. The molecule has 0 amide bonds. The minimum Gasteiger partial charge on any atom is -0.465 e. The van der Waals surface area contributed by atoms with Crippen molar-refractivity contribution in [3.05, 3.63) is 39.5 Å². The number of methoxy groups -OCH3 is 1. The van der Waals surface area contributed by atoms with Gasteiger partial charge in [0.15, 0.2) is 10.9 Å². The minimum atomic E-state index is -4.89. The number of aromatic nitrogens is 2. The van der Waals surface area contributed by atoms with Crippen LogP contribution in [0.3, 0.4) is 0 Å². The highest BCUT2D eigenvalue weighted by atomic mass is 35.5. The number of furan rings is 1. The van der Waals surface area contributed by atoms with Crippen LogP contribution in [0.2, 0.25) is 10.4 Å².